The van der Waals surface area contributed by atoms with Gasteiger partial charge in [-0.3, -0.25) is 14.6 Å². The van der Waals surface area contributed by atoms with Gasteiger partial charge in [-0.1, -0.05) is 6.42 Å². The Labute approximate surface area is 210 Å². The molecule has 4 aromatic heterocycles. The number of aryl methyl sites for hydroxylation is 2. The number of nitrogens with zero attached hydrogens (tertiary/aromatic N) is 5. The summed E-state index contributed by atoms with van der Waals surface area (Å²) in [6.07, 6.45) is 11.2. The predicted octanol–water partition coefficient (Wildman–Crippen LogP) is 3.08. The smallest absolute Gasteiger partial charge is 0.260 e. The number of fused-ring (bicyclic) bond motifs is 2. The average molecular weight is 507 g/mol. The van der Waals surface area contributed by atoms with E-state index in [1.54, 1.807) is 36.1 Å². The number of nitrogens with one attached hydrogen (secondary N) is 3. The van der Waals surface area contributed by atoms with Gasteiger partial charge in [-0.25, -0.2) is 9.20 Å². The molecule has 0 bridgehead atoms. The zero-order valence-corrected chi connectivity index (χ0v) is 20.6. The lowest BCUT2D eigenvalue weighted by molar-refractivity contribution is -0.115. The van der Waals surface area contributed by atoms with E-state index in [0.29, 0.717) is 35.3 Å². The number of amides is 2. The maximum Gasteiger partial charge on any atom is 0.260 e. The summed E-state index contributed by atoms with van der Waals surface area (Å²) in [5.74, 6) is 0.313. The zero-order valence-electron chi connectivity index (χ0n) is 19.8. The lowest BCUT2D eigenvalue weighted by Crippen LogP contribution is -2.40. The first-order valence-electron chi connectivity index (χ1n) is 12.0. The molecular formula is C24H26N8O3S. The van der Waals surface area contributed by atoms with Gasteiger partial charge in [0.15, 0.2) is 0 Å². The molecule has 1 fully saturated rings. The highest BCUT2D eigenvalue weighted by Gasteiger charge is 2.23. The fourth-order valence-corrected chi connectivity index (χ4v) is 5.34. The summed E-state index contributed by atoms with van der Waals surface area (Å²) < 4.78 is 9.38. The summed E-state index contributed by atoms with van der Waals surface area (Å²) in [6.45, 7) is 3.55. The first kappa shape index (κ1) is 22.7. The number of carbonyl (C=O) groups is 2. The number of ether oxygens (including phenoxy) is 1. The van der Waals surface area contributed by atoms with Gasteiger partial charge in [-0.2, -0.15) is 10.2 Å². The van der Waals surface area contributed by atoms with Crippen LogP contribution in [-0.2, 0) is 11.3 Å². The predicted molar refractivity (Wildman–Crippen MR) is 136 cm³/mol. The molecule has 6 rings (SSSR count). The second-order valence-corrected chi connectivity index (χ2v) is 10.1. The standard InChI is InChI=1S/C24H26N8O3S/c1-14-19(8-16(9-25-14)29-21(33)12-26-15-4-2-5-15)30-22(34)18-11-28-32-13-20(36-24(18)32)17-10-27-31-6-3-7-35-23(17)31/h8-11,13,15,26H,2-7,12H2,1H3,(H,29,33)(H,30,34). The Morgan fingerprint density at radius 2 is 2.06 bits per heavy atom. The van der Waals surface area contributed by atoms with E-state index in [2.05, 4.69) is 31.1 Å². The highest BCUT2D eigenvalue weighted by molar-refractivity contribution is 7.21. The van der Waals surface area contributed by atoms with Crippen molar-refractivity contribution in [2.75, 3.05) is 23.8 Å². The van der Waals surface area contributed by atoms with Gasteiger partial charge in [-0.05, 0) is 25.8 Å². The molecule has 1 aliphatic heterocycles. The van der Waals surface area contributed by atoms with Crippen LogP contribution < -0.4 is 20.7 Å². The molecule has 0 saturated heterocycles. The van der Waals surface area contributed by atoms with Crippen LogP contribution in [-0.4, -0.2) is 55.4 Å². The Morgan fingerprint density at radius 1 is 1.17 bits per heavy atom. The van der Waals surface area contributed by atoms with Crippen LogP contribution in [0.25, 0.3) is 15.3 Å². The first-order valence-corrected chi connectivity index (χ1v) is 12.8. The molecule has 0 spiro atoms. The van der Waals surface area contributed by atoms with Crippen molar-refractivity contribution in [2.24, 2.45) is 0 Å². The third-order valence-electron chi connectivity index (χ3n) is 6.53. The number of pyridine rings is 1. The molecule has 2 amide bonds. The van der Waals surface area contributed by atoms with Crippen LogP contribution in [0.15, 0.2) is 30.9 Å². The zero-order chi connectivity index (χ0) is 24.6. The molecule has 2 aliphatic rings. The number of hydrogen-bond acceptors (Lipinski definition) is 8. The molecule has 11 nitrogen and oxygen atoms in total. The molecule has 0 unspecified atom stereocenters. The molecule has 12 heteroatoms. The average Bonchev–Trinajstić information content (AvgIpc) is 3.54. The van der Waals surface area contributed by atoms with Gasteiger partial charge >= 0.3 is 0 Å². The van der Waals surface area contributed by atoms with Crippen LogP contribution >= 0.6 is 11.3 Å². The number of rotatable bonds is 7. The van der Waals surface area contributed by atoms with Crippen molar-refractivity contribution >= 4 is 39.4 Å². The Hall–Kier alpha value is -3.77. The maximum atomic E-state index is 13.2. The van der Waals surface area contributed by atoms with Crippen molar-refractivity contribution in [1.29, 1.82) is 0 Å². The summed E-state index contributed by atoms with van der Waals surface area (Å²) >= 11 is 1.46. The molecule has 1 aliphatic carbocycles. The summed E-state index contributed by atoms with van der Waals surface area (Å²) in [4.78, 5) is 31.5. The van der Waals surface area contributed by atoms with Crippen molar-refractivity contribution in [3.63, 3.8) is 0 Å². The minimum atomic E-state index is -0.299. The van der Waals surface area contributed by atoms with E-state index in [0.717, 1.165) is 47.0 Å². The monoisotopic (exact) mass is 506 g/mol. The van der Waals surface area contributed by atoms with Gasteiger partial charge < -0.3 is 20.7 Å². The summed E-state index contributed by atoms with van der Waals surface area (Å²) in [5, 5.41) is 17.8. The van der Waals surface area contributed by atoms with E-state index in [4.69, 9.17) is 4.74 Å². The molecule has 0 atom stereocenters. The van der Waals surface area contributed by atoms with Gasteiger partial charge in [0.05, 0.1) is 64.8 Å². The molecule has 0 aromatic carbocycles. The molecule has 3 N–H and O–H groups in total. The minimum absolute atomic E-state index is 0.138. The highest BCUT2D eigenvalue weighted by atomic mass is 32.1. The maximum absolute atomic E-state index is 13.2. The van der Waals surface area contributed by atoms with Gasteiger partial charge in [0, 0.05) is 25.2 Å². The number of thiazole rings is 1. The second kappa shape index (κ2) is 9.36. The summed E-state index contributed by atoms with van der Waals surface area (Å²) in [6, 6.07) is 2.15. The Bertz CT molecular complexity index is 1450. The van der Waals surface area contributed by atoms with Crippen molar-refractivity contribution in [1.82, 2.24) is 29.7 Å². The van der Waals surface area contributed by atoms with Crippen molar-refractivity contribution in [2.45, 2.75) is 45.2 Å². The normalized spacial score (nSPS) is 15.2. The molecule has 36 heavy (non-hydrogen) atoms. The number of hydrogen-bond donors (Lipinski definition) is 3. The van der Waals surface area contributed by atoms with E-state index in [9.17, 15) is 9.59 Å². The van der Waals surface area contributed by atoms with Crippen LogP contribution in [0, 0.1) is 6.92 Å². The highest BCUT2D eigenvalue weighted by Crippen LogP contribution is 2.37. The van der Waals surface area contributed by atoms with Crippen LogP contribution in [0.4, 0.5) is 11.4 Å². The third kappa shape index (κ3) is 4.33. The number of aromatic nitrogens is 5. The van der Waals surface area contributed by atoms with Crippen LogP contribution in [0.2, 0.25) is 0 Å². The first-order chi connectivity index (χ1) is 17.5. The molecule has 4 aromatic rings. The second-order valence-electron chi connectivity index (χ2n) is 9.06. The largest absolute Gasteiger partial charge is 0.477 e. The Balaban J connectivity index is 1.18. The van der Waals surface area contributed by atoms with Crippen molar-refractivity contribution in [3.05, 3.63) is 42.1 Å². The fraction of sp³-hybridized carbons (Fsp3) is 0.375. The van der Waals surface area contributed by atoms with E-state index < -0.39 is 0 Å². The fourth-order valence-electron chi connectivity index (χ4n) is 4.28. The van der Waals surface area contributed by atoms with E-state index in [-0.39, 0.29) is 18.4 Å². The summed E-state index contributed by atoms with van der Waals surface area (Å²) in [7, 11) is 0. The van der Waals surface area contributed by atoms with Gasteiger partial charge in [0.2, 0.25) is 11.8 Å². The number of anilines is 2. The van der Waals surface area contributed by atoms with Crippen LogP contribution in [0.5, 0.6) is 5.88 Å². The molecular weight excluding hydrogens is 480 g/mol. The molecule has 186 valence electrons. The van der Waals surface area contributed by atoms with E-state index >= 15 is 0 Å². The number of carbonyl (C=O) groups excluding carboxylic acids is 2. The van der Waals surface area contributed by atoms with E-state index in [1.165, 1.54) is 17.8 Å². The molecule has 1 saturated carbocycles. The van der Waals surface area contributed by atoms with E-state index in [1.807, 2.05) is 10.9 Å². The quantitative estimate of drug-likeness (QED) is 0.351. The van der Waals surface area contributed by atoms with Gasteiger partial charge in [0.25, 0.3) is 5.91 Å². The lowest BCUT2D eigenvalue weighted by atomic mass is 9.93. The Morgan fingerprint density at radius 3 is 2.89 bits per heavy atom. The van der Waals surface area contributed by atoms with Crippen molar-refractivity contribution in [3.8, 4) is 16.3 Å². The Kier molecular flexibility index (Phi) is 5.89. The lowest BCUT2D eigenvalue weighted by Gasteiger charge is -2.26. The topological polar surface area (TPSA) is 127 Å². The minimum Gasteiger partial charge on any atom is -0.477 e. The van der Waals surface area contributed by atoms with Crippen molar-refractivity contribution < 1.29 is 14.3 Å². The molecule has 0 radical (unpaired) electrons. The third-order valence-corrected chi connectivity index (χ3v) is 7.67. The summed E-state index contributed by atoms with van der Waals surface area (Å²) in [5.41, 5.74) is 3.05. The molecule has 5 heterocycles. The van der Waals surface area contributed by atoms with Crippen LogP contribution in [0.3, 0.4) is 0 Å². The van der Waals surface area contributed by atoms with Gasteiger partial charge in [0.1, 0.15) is 4.83 Å². The van der Waals surface area contributed by atoms with Gasteiger partial charge in [-0.15, -0.1) is 11.3 Å². The van der Waals surface area contributed by atoms with Crippen LogP contribution in [0.1, 0.15) is 41.7 Å². The SMILES string of the molecule is Cc1ncc(NC(=O)CNC2CCC2)cc1NC(=O)c1cnn2cc(-c3cnn4c3OCCC4)sc12.